The number of halogens is 1. The molecule has 0 aliphatic heterocycles. The summed E-state index contributed by atoms with van der Waals surface area (Å²) in [5, 5.41) is 2.60. The van der Waals surface area contributed by atoms with Crippen LogP contribution in [0.5, 0.6) is 0 Å². The van der Waals surface area contributed by atoms with Gasteiger partial charge in [-0.05, 0) is 28.1 Å². The number of nitrogen functional groups attached to an aromatic ring is 1. The highest BCUT2D eigenvalue weighted by Gasteiger charge is 2.15. The van der Waals surface area contributed by atoms with Gasteiger partial charge in [0.2, 0.25) is 0 Å². The number of nitrogens with two attached hydrogens (primary N) is 1. The molecule has 8 heteroatoms. The Kier molecular flexibility index (Phi) is 4.83. The van der Waals surface area contributed by atoms with Gasteiger partial charge in [0.15, 0.2) is 18.1 Å². The molecule has 1 aromatic heterocycles. The van der Waals surface area contributed by atoms with E-state index in [4.69, 9.17) is 10.5 Å². The molecule has 0 saturated carbocycles. The molecule has 21 heavy (non-hydrogen) atoms. The molecule has 1 aromatic carbocycles. The second-order valence-corrected chi connectivity index (χ2v) is 4.75. The number of carbonyl (C=O) groups is 2. The number of nitrogens with zero attached hydrogens (tertiary/aromatic N) is 2. The molecule has 2 aromatic rings. The molecular formula is C13H11BrN4O3. The topological polar surface area (TPSA) is 107 Å². The molecule has 1 heterocycles. The summed E-state index contributed by atoms with van der Waals surface area (Å²) in [6.07, 6.45) is 2.67. The Morgan fingerprint density at radius 1 is 1.24 bits per heavy atom. The molecule has 0 unspecified atom stereocenters. The number of nitrogens with one attached hydrogen (secondary N) is 1. The Labute approximate surface area is 128 Å². The van der Waals surface area contributed by atoms with Crippen LogP contribution >= 0.6 is 15.9 Å². The predicted octanol–water partition coefficient (Wildman–Crippen LogP) is 1.62. The van der Waals surface area contributed by atoms with Gasteiger partial charge >= 0.3 is 5.97 Å². The van der Waals surface area contributed by atoms with Crippen molar-refractivity contribution in [3.8, 4) is 0 Å². The van der Waals surface area contributed by atoms with Gasteiger partial charge in [0.1, 0.15) is 0 Å². The monoisotopic (exact) mass is 350 g/mol. The van der Waals surface area contributed by atoms with Crippen molar-refractivity contribution in [2.45, 2.75) is 0 Å². The molecule has 0 saturated heterocycles. The third kappa shape index (κ3) is 3.99. The predicted molar refractivity (Wildman–Crippen MR) is 79.5 cm³/mol. The fourth-order valence-corrected chi connectivity index (χ4v) is 1.84. The van der Waals surface area contributed by atoms with Crippen molar-refractivity contribution in [3.63, 3.8) is 0 Å². The van der Waals surface area contributed by atoms with E-state index in [1.165, 1.54) is 12.4 Å². The highest BCUT2D eigenvalue weighted by molar-refractivity contribution is 9.10. The van der Waals surface area contributed by atoms with Crippen LogP contribution in [0.1, 0.15) is 10.5 Å². The first-order valence-electron chi connectivity index (χ1n) is 5.86. The number of hydrogen-bond donors (Lipinski definition) is 2. The fourth-order valence-electron chi connectivity index (χ4n) is 1.45. The van der Waals surface area contributed by atoms with Crippen molar-refractivity contribution in [2.75, 3.05) is 17.7 Å². The first-order chi connectivity index (χ1) is 10.1. The SMILES string of the molecule is Nc1nccnc1C(=O)OCC(=O)Nc1ccccc1Br. The number of ether oxygens (including phenoxy) is 1. The van der Waals surface area contributed by atoms with Crippen LogP contribution in [-0.4, -0.2) is 28.5 Å². The summed E-state index contributed by atoms with van der Waals surface area (Å²) in [6.45, 7) is -0.448. The summed E-state index contributed by atoms with van der Waals surface area (Å²) < 4.78 is 5.56. The molecule has 108 valence electrons. The van der Waals surface area contributed by atoms with E-state index in [1.54, 1.807) is 18.2 Å². The molecule has 0 fully saturated rings. The Morgan fingerprint density at radius 3 is 2.67 bits per heavy atom. The molecule has 1 amide bonds. The zero-order valence-corrected chi connectivity index (χ0v) is 12.3. The summed E-state index contributed by atoms with van der Waals surface area (Å²) >= 11 is 3.29. The van der Waals surface area contributed by atoms with Crippen molar-refractivity contribution in [1.29, 1.82) is 0 Å². The summed E-state index contributed by atoms with van der Waals surface area (Å²) in [5.74, 6) is -1.32. The summed E-state index contributed by atoms with van der Waals surface area (Å²) in [5.41, 5.74) is 5.95. The summed E-state index contributed by atoms with van der Waals surface area (Å²) in [6, 6.07) is 7.08. The minimum absolute atomic E-state index is 0.0475. The van der Waals surface area contributed by atoms with E-state index >= 15 is 0 Å². The molecule has 0 spiro atoms. The fraction of sp³-hybridized carbons (Fsp3) is 0.0769. The minimum atomic E-state index is -0.803. The van der Waals surface area contributed by atoms with Gasteiger partial charge in [-0.3, -0.25) is 4.79 Å². The zero-order chi connectivity index (χ0) is 15.2. The van der Waals surface area contributed by atoms with Crippen LogP contribution in [0.2, 0.25) is 0 Å². The number of hydrogen-bond acceptors (Lipinski definition) is 6. The van der Waals surface area contributed by atoms with Crippen LogP contribution in [0.25, 0.3) is 0 Å². The van der Waals surface area contributed by atoms with Crippen molar-refractivity contribution >= 4 is 39.3 Å². The van der Waals surface area contributed by atoms with E-state index in [9.17, 15) is 9.59 Å². The first kappa shape index (κ1) is 14.9. The van der Waals surface area contributed by atoms with E-state index in [0.29, 0.717) is 5.69 Å². The van der Waals surface area contributed by atoms with Crippen molar-refractivity contribution in [2.24, 2.45) is 0 Å². The normalized spacial score (nSPS) is 9.95. The molecule has 2 rings (SSSR count). The van der Waals surface area contributed by atoms with Gasteiger partial charge in [-0.2, -0.15) is 0 Å². The van der Waals surface area contributed by atoms with Crippen LogP contribution in [0.3, 0.4) is 0 Å². The van der Waals surface area contributed by atoms with Gasteiger partial charge < -0.3 is 15.8 Å². The van der Waals surface area contributed by atoms with E-state index in [-0.39, 0.29) is 11.5 Å². The van der Waals surface area contributed by atoms with E-state index in [1.807, 2.05) is 6.07 Å². The van der Waals surface area contributed by atoms with Crippen LogP contribution in [0.15, 0.2) is 41.1 Å². The highest BCUT2D eigenvalue weighted by atomic mass is 79.9. The maximum atomic E-state index is 11.7. The number of rotatable bonds is 4. The maximum Gasteiger partial charge on any atom is 0.361 e. The lowest BCUT2D eigenvalue weighted by atomic mass is 10.3. The summed E-state index contributed by atoms with van der Waals surface area (Å²) in [7, 11) is 0. The van der Waals surface area contributed by atoms with Crippen LogP contribution in [0, 0.1) is 0 Å². The number of aromatic nitrogens is 2. The van der Waals surface area contributed by atoms with Crippen molar-refractivity contribution in [3.05, 3.63) is 46.8 Å². The van der Waals surface area contributed by atoms with Gasteiger partial charge in [0.25, 0.3) is 5.91 Å². The molecular weight excluding hydrogens is 340 g/mol. The lowest BCUT2D eigenvalue weighted by Crippen LogP contribution is -2.22. The largest absolute Gasteiger partial charge is 0.451 e. The quantitative estimate of drug-likeness (QED) is 0.811. The lowest BCUT2D eigenvalue weighted by molar-refractivity contribution is -0.119. The van der Waals surface area contributed by atoms with Gasteiger partial charge in [0, 0.05) is 16.9 Å². The number of para-hydroxylation sites is 1. The molecule has 0 aliphatic rings. The van der Waals surface area contributed by atoms with Crippen LogP contribution in [-0.2, 0) is 9.53 Å². The van der Waals surface area contributed by atoms with E-state index in [0.717, 1.165) is 4.47 Å². The summed E-state index contributed by atoms with van der Waals surface area (Å²) in [4.78, 5) is 30.9. The van der Waals surface area contributed by atoms with Gasteiger partial charge in [-0.1, -0.05) is 12.1 Å². The number of esters is 1. The molecule has 0 bridgehead atoms. The smallest absolute Gasteiger partial charge is 0.361 e. The molecule has 7 nitrogen and oxygen atoms in total. The Hall–Kier alpha value is -2.48. The van der Waals surface area contributed by atoms with E-state index in [2.05, 4.69) is 31.2 Å². The standard InChI is InChI=1S/C13H11BrN4O3/c14-8-3-1-2-4-9(8)18-10(19)7-21-13(20)11-12(15)17-6-5-16-11/h1-6H,7H2,(H2,15,17)(H,18,19). The number of benzene rings is 1. The van der Waals surface area contributed by atoms with E-state index < -0.39 is 18.5 Å². The molecule has 0 aliphatic carbocycles. The third-order valence-corrected chi connectivity index (χ3v) is 3.09. The average molecular weight is 351 g/mol. The molecule has 0 radical (unpaired) electrons. The maximum absolute atomic E-state index is 11.7. The second-order valence-electron chi connectivity index (χ2n) is 3.89. The molecule has 0 atom stereocenters. The van der Waals surface area contributed by atoms with Crippen LogP contribution < -0.4 is 11.1 Å². The molecule has 3 N–H and O–H groups in total. The Morgan fingerprint density at radius 2 is 1.95 bits per heavy atom. The Bertz CT molecular complexity index is 678. The average Bonchev–Trinajstić information content (AvgIpc) is 2.48. The minimum Gasteiger partial charge on any atom is -0.451 e. The first-order valence-corrected chi connectivity index (χ1v) is 6.65. The Balaban J connectivity index is 1.91. The van der Waals surface area contributed by atoms with Gasteiger partial charge in [-0.15, -0.1) is 0 Å². The van der Waals surface area contributed by atoms with Crippen LogP contribution in [0.4, 0.5) is 11.5 Å². The lowest BCUT2D eigenvalue weighted by Gasteiger charge is -2.08. The zero-order valence-electron chi connectivity index (χ0n) is 10.7. The van der Waals surface area contributed by atoms with Gasteiger partial charge in [0.05, 0.1) is 5.69 Å². The van der Waals surface area contributed by atoms with Crippen molar-refractivity contribution < 1.29 is 14.3 Å². The number of anilines is 2. The van der Waals surface area contributed by atoms with Gasteiger partial charge in [-0.25, -0.2) is 14.8 Å². The highest BCUT2D eigenvalue weighted by Crippen LogP contribution is 2.20. The number of amides is 1. The van der Waals surface area contributed by atoms with Crippen molar-refractivity contribution in [1.82, 2.24) is 9.97 Å². The second kappa shape index (κ2) is 6.80. The number of carbonyl (C=O) groups excluding carboxylic acids is 2. The third-order valence-electron chi connectivity index (χ3n) is 2.40.